The van der Waals surface area contributed by atoms with Gasteiger partial charge in [-0.05, 0) is 37.5 Å². The Morgan fingerprint density at radius 2 is 1.93 bits per heavy atom. The number of aromatic nitrogens is 4. The smallest absolute Gasteiger partial charge is 0.167 e. The summed E-state index contributed by atoms with van der Waals surface area (Å²) >= 11 is 0. The van der Waals surface area contributed by atoms with Gasteiger partial charge in [0, 0.05) is 6.54 Å². The van der Waals surface area contributed by atoms with Gasteiger partial charge in [0.05, 0.1) is 12.4 Å². The second-order valence-corrected chi connectivity index (χ2v) is 7.03. The maximum Gasteiger partial charge on any atom is 0.167 e. The third kappa shape index (κ3) is 3.16. The summed E-state index contributed by atoms with van der Waals surface area (Å²) in [6.07, 6.45) is -0.186. The van der Waals surface area contributed by atoms with Gasteiger partial charge in [0.25, 0.3) is 0 Å². The third-order valence-corrected chi connectivity index (χ3v) is 5.14. The molecule has 3 heterocycles. The molecule has 142 valence electrons. The van der Waals surface area contributed by atoms with Crippen molar-refractivity contribution in [2.24, 2.45) is 0 Å². The number of rotatable bonds is 4. The van der Waals surface area contributed by atoms with Crippen molar-refractivity contribution in [1.82, 2.24) is 19.5 Å². The number of nitrogens with zero attached hydrogens (tertiary/aromatic N) is 4. The third-order valence-electron chi connectivity index (χ3n) is 5.14. The number of anilines is 1. The molecule has 1 aliphatic heterocycles. The highest BCUT2D eigenvalue weighted by molar-refractivity contribution is 5.82. The summed E-state index contributed by atoms with van der Waals surface area (Å²) in [5.74, 6) is 0.609. The number of hydrogen-bond donors (Lipinski definition) is 3. The van der Waals surface area contributed by atoms with E-state index >= 15 is 0 Å². The minimum absolute atomic E-state index is 0.466. The van der Waals surface area contributed by atoms with E-state index in [0.29, 0.717) is 23.5 Å². The van der Waals surface area contributed by atoms with Crippen LogP contribution in [0.4, 0.5) is 5.82 Å². The number of ether oxygens (including phenoxy) is 1. The number of imidazole rings is 1. The molecule has 3 aromatic rings. The summed E-state index contributed by atoms with van der Waals surface area (Å²) in [6, 6.07) is 6.32. The summed E-state index contributed by atoms with van der Waals surface area (Å²) < 4.78 is 7.31. The summed E-state index contributed by atoms with van der Waals surface area (Å²) in [6.45, 7) is 6.51. The van der Waals surface area contributed by atoms with Gasteiger partial charge in [-0.15, -0.1) is 0 Å². The zero-order valence-electron chi connectivity index (χ0n) is 15.5. The van der Waals surface area contributed by atoms with Gasteiger partial charge in [0.2, 0.25) is 0 Å². The summed E-state index contributed by atoms with van der Waals surface area (Å²) in [5, 5.41) is 23.5. The molecule has 4 rings (SSSR count). The van der Waals surface area contributed by atoms with Crippen molar-refractivity contribution in [1.29, 1.82) is 0 Å². The second kappa shape index (κ2) is 6.88. The van der Waals surface area contributed by atoms with Crippen LogP contribution in [0.5, 0.6) is 0 Å². The molecule has 1 fully saturated rings. The number of fused-ring (bicyclic) bond motifs is 1. The predicted molar refractivity (Wildman–Crippen MR) is 100 cm³/mol. The number of aliphatic hydroxyl groups is 2. The molecule has 0 amide bonds. The van der Waals surface area contributed by atoms with Crippen LogP contribution in [0.2, 0.25) is 0 Å². The zero-order chi connectivity index (χ0) is 19.1. The van der Waals surface area contributed by atoms with Gasteiger partial charge in [0.1, 0.15) is 18.5 Å². The van der Waals surface area contributed by atoms with E-state index in [1.807, 2.05) is 0 Å². The highest BCUT2D eigenvalue weighted by atomic mass is 16.6. The predicted octanol–water partition coefficient (Wildman–Crippen LogP) is 1.69. The van der Waals surface area contributed by atoms with Crippen LogP contribution in [0.3, 0.4) is 0 Å². The van der Waals surface area contributed by atoms with E-state index in [4.69, 9.17) is 4.74 Å². The maximum absolute atomic E-state index is 10.2. The largest absolute Gasteiger partial charge is 0.388 e. The van der Waals surface area contributed by atoms with Crippen LogP contribution in [0.1, 0.15) is 29.8 Å². The van der Waals surface area contributed by atoms with Gasteiger partial charge < -0.3 is 20.3 Å². The fourth-order valence-corrected chi connectivity index (χ4v) is 3.32. The number of hydrogen-bond acceptors (Lipinski definition) is 7. The number of aliphatic hydroxyl groups excluding tert-OH is 2. The number of benzene rings is 1. The molecule has 0 unspecified atom stereocenters. The Morgan fingerprint density at radius 3 is 2.63 bits per heavy atom. The van der Waals surface area contributed by atoms with Crippen molar-refractivity contribution >= 4 is 17.0 Å². The summed E-state index contributed by atoms with van der Waals surface area (Å²) in [5.41, 5.74) is 4.78. The lowest BCUT2D eigenvalue weighted by Crippen LogP contribution is -2.30. The zero-order valence-corrected chi connectivity index (χ0v) is 15.5. The quantitative estimate of drug-likeness (QED) is 0.643. The molecule has 0 saturated carbocycles. The lowest BCUT2D eigenvalue weighted by Gasteiger charge is -2.16. The molecule has 8 nitrogen and oxygen atoms in total. The van der Waals surface area contributed by atoms with E-state index in [1.54, 1.807) is 17.8 Å². The van der Waals surface area contributed by atoms with Crippen molar-refractivity contribution in [2.75, 3.05) is 5.32 Å². The highest BCUT2D eigenvalue weighted by Gasteiger charge is 2.42. The van der Waals surface area contributed by atoms with Crippen molar-refractivity contribution in [3.05, 3.63) is 47.5 Å². The summed E-state index contributed by atoms with van der Waals surface area (Å²) in [7, 11) is 0. The van der Waals surface area contributed by atoms with Crippen molar-refractivity contribution in [2.45, 2.75) is 51.9 Å². The first kappa shape index (κ1) is 17.8. The van der Waals surface area contributed by atoms with Gasteiger partial charge in [-0.25, -0.2) is 15.0 Å². The van der Waals surface area contributed by atoms with E-state index in [2.05, 4.69) is 52.3 Å². The molecule has 1 saturated heterocycles. The standard InChI is InChI=1S/C19H23N5O3/c1-10-4-5-13(6-11(10)2)7-20-17-14-18(22-8-21-17)24(9-23-14)19-16(26)15(25)12(3)27-19/h4-6,8-9,12,15-16,19,25-26H,7H2,1-3H3,(H,20,21,22)/t12-,15-,16-,19-/m1/s1. The SMILES string of the molecule is Cc1ccc(CNc2ncnc3c2ncn3[C@@H]2O[C@H](C)[C@@H](O)[C@H]2O)cc1C. The lowest BCUT2D eigenvalue weighted by molar-refractivity contribution is -0.0299. The van der Waals surface area contributed by atoms with Gasteiger partial charge in [-0.1, -0.05) is 18.2 Å². The van der Waals surface area contributed by atoms with E-state index in [9.17, 15) is 10.2 Å². The normalized spacial score (nSPS) is 25.2. The van der Waals surface area contributed by atoms with Crippen LogP contribution < -0.4 is 5.32 Å². The Labute approximate surface area is 156 Å². The second-order valence-electron chi connectivity index (χ2n) is 7.03. The van der Waals surface area contributed by atoms with E-state index < -0.39 is 24.5 Å². The minimum Gasteiger partial charge on any atom is -0.388 e. The molecule has 27 heavy (non-hydrogen) atoms. The Bertz CT molecular complexity index is 973. The van der Waals surface area contributed by atoms with Crippen molar-refractivity contribution < 1.29 is 14.9 Å². The first-order valence-corrected chi connectivity index (χ1v) is 8.95. The molecule has 1 aromatic carbocycles. The molecule has 1 aliphatic rings. The average molecular weight is 369 g/mol. The van der Waals surface area contributed by atoms with Crippen LogP contribution in [-0.4, -0.2) is 48.0 Å². The van der Waals surface area contributed by atoms with Crippen LogP contribution in [0.15, 0.2) is 30.9 Å². The fourth-order valence-electron chi connectivity index (χ4n) is 3.32. The average Bonchev–Trinajstić information content (AvgIpc) is 3.19. The van der Waals surface area contributed by atoms with Gasteiger partial charge in [-0.2, -0.15) is 0 Å². The molecule has 0 radical (unpaired) electrons. The van der Waals surface area contributed by atoms with Gasteiger partial charge in [0.15, 0.2) is 23.2 Å². The van der Waals surface area contributed by atoms with Crippen LogP contribution in [-0.2, 0) is 11.3 Å². The molecule has 0 aliphatic carbocycles. The molecule has 2 aromatic heterocycles. The van der Waals surface area contributed by atoms with Gasteiger partial charge >= 0.3 is 0 Å². The number of nitrogens with one attached hydrogen (secondary N) is 1. The Morgan fingerprint density at radius 1 is 1.11 bits per heavy atom. The molecule has 0 bridgehead atoms. The summed E-state index contributed by atoms with van der Waals surface area (Å²) in [4.78, 5) is 13.0. The van der Waals surface area contributed by atoms with Crippen LogP contribution in [0, 0.1) is 13.8 Å². The number of aryl methyl sites for hydroxylation is 2. The van der Waals surface area contributed by atoms with Gasteiger partial charge in [-0.3, -0.25) is 4.57 Å². The minimum atomic E-state index is -1.04. The Hall–Kier alpha value is -2.55. The molecule has 4 atom stereocenters. The Kier molecular flexibility index (Phi) is 4.55. The van der Waals surface area contributed by atoms with Crippen LogP contribution >= 0.6 is 0 Å². The van der Waals surface area contributed by atoms with E-state index in [-0.39, 0.29) is 0 Å². The first-order chi connectivity index (χ1) is 13.0. The molecule has 0 spiro atoms. The fraction of sp³-hybridized carbons (Fsp3) is 0.421. The van der Waals surface area contributed by atoms with E-state index in [1.165, 1.54) is 17.5 Å². The first-order valence-electron chi connectivity index (χ1n) is 8.95. The molecule has 3 N–H and O–H groups in total. The highest BCUT2D eigenvalue weighted by Crippen LogP contribution is 2.32. The lowest BCUT2D eigenvalue weighted by atomic mass is 10.1. The maximum atomic E-state index is 10.2. The monoisotopic (exact) mass is 369 g/mol. The van der Waals surface area contributed by atoms with Crippen molar-refractivity contribution in [3.8, 4) is 0 Å². The molecule has 8 heteroatoms. The van der Waals surface area contributed by atoms with Crippen LogP contribution in [0.25, 0.3) is 11.2 Å². The molecular formula is C19H23N5O3. The molecular weight excluding hydrogens is 346 g/mol. The topological polar surface area (TPSA) is 105 Å². The Balaban J connectivity index is 1.60. The van der Waals surface area contributed by atoms with E-state index in [0.717, 1.165) is 5.56 Å². The van der Waals surface area contributed by atoms with Crippen molar-refractivity contribution in [3.63, 3.8) is 0 Å².